The lowest BCUT2D eigenvalue weighted by Gasteiger charge is -2.24. The number of hydrogen-bond donors (Lipinski definition) is 1. The highest BCUT2D eigenvalue weighted by Crippen LogP contribution is 2.43. The molecule has 0 rings (SSSR count). The summed E-state index contributed by atoms with van der Waals surface area (Å²) in [5.74, 6) is -0.858. The third-order valence-corrected chi connectivity index (χ3v) is 9.91. The zero-order valence-corrected chi connectivity index (χ0v) is 35.6. The number of hydrogen-bond acceptors (Lipinski definition) is 7. The van der Waals surface area contributed by atoms with Crippen molar-refractivity contribution < 1.29 is 42.1 Å². The Morgan fingerprint density at radius 3 is 1.57 bits per heavy atom. The number of carbonyl (C=O) groups excluding carboxylic acids is 2. The molecule has 9 nitrogen and oxygen atoms in total. The van der Waals surface area contributed by atoms with Gasteiger partial charge in [0.1, 0.15) is 19.8 Å². The summed E-state index contributed by atoms with van der Waals surface area (Å²) in [6.07, 6.45) is 39.1. The first kappa shape index (κ1) is 51.2. The van der Waals surface area contributed by atoms with Crippen molar-refractivity contribution in [2.75, 3.05) is 47.5 Å². The van der Waals surface area contributed by atoms with E-state index in [1.807, 2.05) is 21.1 Å². The molecular formula is C43H81NO8P+. The van der Waals surface area contributed by atoms with Gasteiger partial charge in [0.2, 0.25) is 0 Å². The monoisotopic (exact) mass is 771 g/mol. The van der Waals surface area contributed by atoms with E-state index in [1.165, 1.54) is 96.3 Å². The fraction of sp³-hybridized carbons (Fsp3) is 0.814. The van der Waals surface area contributed by atoms with Gasteiger partial charge in [-0.1, -0.05) is 153 Å². The Balaban J connectivity index is 4.47. The summed E-state index contributed by atoms with van der Waals surface area (Å²) in [7, 11) is 1.45. The molecule has 0 aromatic heterocycles. The second kappa shape index (κ2) is 35.9. The maximum absolute atomic E-state index is 12.6. The molecule has 310 valence electrons. The Labute approximate surface area is 325 Å². The van der Waals surface area contributed by atoms with Crippen LogP contribution in [0.25, 0.3) is 0 Å². The molecule has 2 atom stereocenters. The van der Waals surface area contributed by atoms with Gasteiger partial charge < -0.3 is 18.9 Å². The van der Waals surface area contributed by atoms with E-state index >= 15 is 0 Å². The van der Waals surface area contributed by atoms with Crippen molar-refractivity contribution in [2.45, 2.75) is 180 Å². The summed E-state index contributed by atoms with van der Waals surface area (Å²) in [5, 5.41) is 0. The molecule has 0 saturated heterocycles. The molecule has 0 aliphatic heterocycles. The lowest BCUT2D eigenvalue weighted by Crippen LogP contribution is -2.37. The number of allylic oxidation sites excluding steroid dienone is 6. The number of unbranched alkanes of at least 4 members (excludes halogenated alkanes) is 18. The molecule has 0 radical (unpaired) electrons. The number of quaternary nitrogens is 1. The van der Waals surface area contributed by atoms with E-state index in [2.05, 4.69) is 50.3 Å². The topological polar surface area (TPSA) is 108 Å². The minimum atomic E-state index is -4.38. The molecule has 0 aliphatic rings. The van der Waals surface area contributed by atoms with Crippen LogP contribution >= 0.6 is 7.82 Å². The summed E-state index contributed by atoms with van der Waals surface area (Å²) in [5.41, 5.74) is 0. The first-order valence-corrected chi connectivity index (χ1v) is 22.7. The Morgan fingerprint density at radius 1 is 0.585 bits per heavy atom. The minimum absolute atomic E-state index is 0.0232. The number of phosphoric acid groups is 1. The predicted molar refractivity (Wildman–Crippen MR) is 220 cm³/mol. The highest BCUT2D eigenvalue weighted by Gasteiger charge is 2.27. The molecule has 0 aromatic rings. The van der Waals surface area contributed by atoms with Crippen molar-refractivity contribution in [3.8, 4) is 0 Å². The summed E-state index contributed by atoms with van der Waals surface area (Å²) in [6, 6.07) is 0. The number of phosphoric ester groups is 1. The zero-order valence-electron chi connectivity index (χ0n) is 34.7. The Bertz CT molecular complexity index is 1010. The molecule has 10 heteroatoms. The van der Waals surface area contributed by atoms with Gasteiger partial charge in [0.05, 0.1) is 27.7 Å². The quantitative estimate of drug-likeness (QED) is 0.0217. The highest BCUT2D eigenvalue weighted by atomic mass is 31.2. The highest BCUT2D eigenvalue weighted by molar-refractivity contribution is 7.47. The van der Waals surface area contributed by atoms with Crippen LogP contribution in [0.15, 0.2) is 36.5 Å². The van der Waals surface area contributed by atoms with Crippen LogP contribution in [0.4, 0.5) is 0 Å². The molecule has 0 bridgehead atoms. The van der Waals surface area contributed by atoms with Crippen molar-refractivity contribution in [3.63, 3.8) is 0 Å². The van der Waals surface area contributed by atoms with Crippen LogP contribution in [0.3, 0.4) is 0 Å². The second-order valence-corrected chi connectivity index (χ2v) is 16.8. The van der Waals surface area contributed by atoms with Gasteiger partial charge in [0.15, 0.2) is 6.10 Å². The molecule has 0 amide bonds. The van der Waals surface area contributed by atoms with Crippen LogP contribution < -0.4 is 0 Å². The molecule has 0 saturated carbocycles. The molecule has 1 unspecified atom stereocenters. The van der Waals surface area contributed by atoms with Crippen molar-refractivity contribution in [3.05, 3.63) is 36.5 Å². The molecule has 0 aliphatic carbocycles. The van der Waals surface area contributed by atoms with Gasteiger partial charge in [0, 0.05) is 12.8 Å². The van der Waals surface area contributed by atoms with Crippen LogP contribution in [0.2, 0.25) is 0 Å². The van der Waals surface area contributed by atoms with Crippen molar-refractivity contribution in [2.24, 2.45) is 0 Å². The van der Waals surface area contributed by atoms with E-state index in [0.29, 0.717) is 17.4 Å². The van der Waals surface area contributed by atoms with Crippen LogP contribution in [0.5, 0.6) is 0 Å². The molecule has 1 N–H and O–H groups in total. The Morgan fingerprint density at radius 2 is 1.04 bits per heavy atom. The Hall–Kier alpha value is -1.77. The van der Waals surface area contributed by atoms with Gasteiger partial charge in [-0.15, -0.1) is 0 Å². The van der Waals surface area contributed by atoms with E-state index < -0.39 is 26.5 Å². The molecule has 0 fully saturated rings. The number of esters is 2. The normalized spacial score (nSPS) is 14.0. The fourth-order valence-corrected chi connectivity index (χ4v) is 6.30. The summed E-state index contributed by atoms with van der Waals surface area (Å²) in [6.45, 7) is 4.35. The molecule has 53 heavy (non-hydrogen) atoms. The van der Waals surface area contributed by atoms with Crippen LogP contribution in [-0.4, -0.2) is 74.9 Å². The van der Waals surface area contributed by atoms with Gasteiger partial charge in [-0.05, 0) is 44.9 Å². The van der Waals surface area contributed by atoms with E-state index in [1.54, 1.807) is 0 Å². The third-order valence-electron chi connectivity index (χ3n) is 8.92. The van der Waals surface area contributed by atoms with Gasteiger partial charge in [-0.2, -0.15) is 0 Å². The van der Waals surface area contributed by atoms with Crippen molar-refractivity contribution in [1.82, 2.24) is 0 Å². The van der Waals surface area contributed by atoms with Crippen molar-refractivity contribution >= 4 is 19.8 Å². The maximum atomic E-state index is 12.6. The number of nitrogens with zero attached hydrogens (tertiary/aromatic N) is 1. The predicted octanol–water partition coefficient (Wildman–Crippen LogP) is 11.7. The largest absolute Gasteiger partial charge is 0.472 e. The SMILES string of the molecule is CCCCCCCC/C=C\C/C=C\C/C=C\CCCC(=O)O[C@H](COC(=O)CCCCCCCCCCCCCC)COP(=O)(O)OCC[N+](C)(C)C. The number of likely N-dealkylation sites (N-methyl/N-ethyl adjacent to an activating group) is 1. The summed E-state index contributed by atoms with van der Waals surface area (Å²) < 4.78 is 34.2. The van der Waals surface area contributed by atoms with E-state index in [0.717, 1.165) is 44.9 Å². The van der Waals surface area contributed by atoms with E-state index in [-0.39, 0.29) is 32.0 Å². The zero-order chi connectivity index (χ0) is 39.3. The average molecular weight is 771 g/mol. The number of carbonyl (C=O) groups is 2. The van der Waals surface area contributed by atoms with Crippen LogP contribution in [-0.2, 0) is 32.7 Å². The first-order chi connectivity index (χ1) is 25.5. The summed E-state index contributed by atoms with van der Waals surface area (Å²) in [4.78, 5) is 35.2. The van der Waals surface area contributed by atoms with E-state index in [4.69, 9.17) is 18.5 Å². The third kappa shape index (κ3) is 39.7. The first-order valence-electron chi connectivity index (χ1n) is 21.2. The van der Waals surface area contributed by atoms with Gasteiger partial charge in [0.25, 0.3) is 0 Å². The maximum Gasteiger partial charge on any atom is 0.472 e. The van der Waals surface area contributed by atoms with Gasteiger partial charge in [-0.25, -0.2) is 4.57 Å². The second-order valence-electron chi connectivity index (χ2n) is 15.4. The van der Waals surface area contributed by atoms with Crippen LogP contribution in [0.1, 0.15) is 174 Å². The molecule has 0 aromatic carbocycles. The van der Waals surface area contributed by atoms with Gasteiger partial charge >= 0.3 is 19.8 Å². The Kier molecular flexibility index (Phi) is 34.7. The van der Waals surface area contributed by atoms with Gasteiger partial charge in [-0.3, -0.25) is 18.6 Å². The lowest BCUT2D eigenvalue weighted by atomic mass is 10.0. The average Bonchev–Trinajstić information content (AvgIpc) is 3.10. The molecular weight excluding hydrogens is 689 g/mol. The molecule has 0 spiro atoms. The minimum Gasteiger partial charge on any atom is -0.462 e. The fourth-order valence-electron chi connectivity index (χ4n) is 5.56. The molecule has 0 heterocycles. The lowest BCUT2D eigenvalue weighted by molar-refractivity contribution is -0.870. The summed E-state index contributed by atoms with van der Waals surface area (Å²) >= 11 is 0. The van der Waals surface area contributed by atoms with E-state index in [9.17, 15) is 19.0 Å². The van der Waals surface area contributed by atoms with Crippen molar-refractivity contribution in [1.29, 1.82) is 0 Å². The smallest absolute Gasteiger partial charge is 0.462 e. The number of ether oxygens (including phenoxy) is 2. The number of rotatable bonds is 38. The van der Waals surface area contributed by atoms with Crippen LogP contribution in [0, 0.1) is 0 Å². The standard InChI is InChI=1S/C43H80NO8P/c1-6-8-10-12-14-16-18-20-21-22-23-24-26-28-30-32-34-36-43(46)52-41(40-51-53(47,48)50-38-37-44(3,4)5)39-49-42(45)35-33-31-29-27-25-19-17-15-13-11-9-7-2/h20-21,23-24,28,30,41H,6-19,22,25-27,29,31-40H2,1-5H3/p+1/b21-20-,24-23-,30-28-/t41-/m1/s1.